The fourth-order valence-electron chi connectivity index (χ4n) is 0.835. The first kappa shape index (κ1) is 13.9. The molecule has 0 fully saturated rings. The van der Waals surface area contributed by atoms with E-state index in [0.29, 0.717) is 0 Å². The van der Waals surface area contributed by atoms with Crippen LogP contribution < -0.4 is 0 Å². The van der Waals surface area contributed by atoms with Gasteiger partial charge < -0.3 is 0 Å². The minimum atomic E-state index is -4.85. The van der Waals surface area contributed by atoms with Crippen molar-refractivity contribution in [1.29, 1.82) is 0 Å². The van der Waals surface area contributed by atoms with Crippen molar-refractivity contribution in [1.82, 2.24) is 0 Å². The van der Waals surface area contributed by atoms with E-state index in [2.05, 4.69) is 23.4 Å². The van der Waals surface area contributed by atoms with E-state index in [1.165, 1.54) is 0 Å². The van der Waals surface area contributed by atoms with E-state index in [9.17, 15) is 26.3 Å². The topological polar surface area (TPSA) is 24.7 Å². The Labute approximate surface area is 81.7 Å². The first-order valence-corrected chi connectivity index (χ1v) is 3.68. The van der Waals surface area contributed by atoms with Gasteiger partial charge in [-0.25, -0.2) is 0 Å². The number of halogens is 6. The Morgan fingerprint density at radius 2 is 1.07 bits per heavy atom. The SMILES string of the molecule is C=NC(CC(N=C)C(F)(F)F)C(F)(F)F. The molecular formula is C7H8F6N2. The molecule has 8 heteroatoms. The first-order valence-electron chi connectivity index (χ1n) is 3.68. The lowest BCUT2D eigenvalue weighted by atomic mass is 10.1. The van der Waals surface area contributed by atoms with Crippen molar-refractivity contribution in [3.05, 3.63) is 0 Å². The summed E-state index contributed by atoms with van der Waals surface area (Å²) >= 11 is 0. The first-order chi connectivity index (χ1) is 6.62. The molecule has 2 atom stereocenters. The summed E-state index contributed by atoms with van der Waals surface area (Å²) in [5.74, 6) is 0. The number of nitrogens with zero attached hydrogens (tertiary/aromatic N) is 2. The molecule has 0 rings (SSSR count). The van der Waals surface area contributed by atoms with Gasteiger partial charge in [-0.3, -0.25) is 9.98 Å². The molecule has 2 nitrogen and oxygen atoms in total. The Morgan fingerprint density at radius 1 is 0.800 bits per heavy atom. The summed E-state index contributed by atoms with van der Waals surface area (Å²) in [6.07, 6.45) is -11.0. The van der Waals surface area contributed by atoms with Crippen molar-refractivity contribution in [2.45, 2.75) is 30.9 Å². The van der Waals surface area contributed by atoms with Crippen LogP contribution in [0.2, 0.25) is 0 Å². The van der Waals surface area contributed by atoms with Gasteiger partial charge in [0.25, 0.3) is 0 Å². The van der Waals surface area contributed by atoms with E-state index < -0.39 is 30.9 Å². The van der Waals surface area contributed by atoms with Crippen LogP contribution in [-0.4, -0.2) is 37.9 Å². The molecule has 0 aromatic rings. The third kappa shape index (κ3) is 4.30. The van der Waals surface area contributed by atoms with E-state index in [-0.39, 0.29) is 0 Å². The van der Waals surface area contributed by atoms with Gasteiger partial charge in [0.1, 0.15) is 12.1 Å². The van der Waals surface area contributed by atoms with Crippen molar-refractivity contribution >= 4 is 13.4 Å². The third-order valence-electron chi connectivity index (χ3n) is 1.64. The summed E-state index contributed by atoms with van der Waals surface area (Å²) in [5, 5.41) is 0. The number of hydrogen-bond donors (Lipinski definition) is 0. The summed E-state index contributed by atoms with van der Waals surface area (Å²) in [7, 11) is 0. The van der Waals surface area contributed by atoms with Gasteiger partial charge in [0.05, 0.1) is 0 Å². The van der Waals surface area contributed by atoms with Crippen LogP contribution in [0.4, 0.5) is 26.3 Å². The van der Waals surface area contributed by atoms with E-state index in [1.54, 1.807) is 0 Å². The summed E-state index contributed by atoms with van der Waals surface area (Å²) in [5.41, 5.74) is 0. The Balaban J connectivity index is 4.67. The largest absolute Gasteiger partial charge is 0.410 e. The molecule has 0 heterocycles. The molecule has 15 heavy (non-hydrogen) atoms. The molecule has 0 aliphatic rings. The van der Waals surface area contributed by atoms with Crippen molar-refractivity contribution in [3.8, 4) is 0 Å². The van der Waals surface area contributed by atoms with E-state index in [1.807, 2.05) is 0 Å². The standard InChI is InChI=1S/C7H8F6N2/c1-14-4(6(8,9)10)3-5(15-2)7(11,12)13/h4-5H,1-3H2. The molecule has 0 saturated heterocycles. The predicted molar refractivity (Wildman–Crippen MR) is 43.4 cm³/mol. The fourth-order valence-corrected chi connectivity index (χ4v) is 0.835. The van der Waals surface area contributed by atoms with Crippen LogP contribution in [0.15, 0.2) is 9.98 Å². The molecule has 0 amide bonds. The molecule has 2 unspecified atom stereocenters. The Kier molecular flexibility index (Phi) is 4.29. The van der Waals surface area contributed by atoms with Crippen LogP contribution in [0.1, 0.15) is 6.42 Å². The highest BCUT2D eigenvalue weighted by Gasteiger charge is 2.47. The Hall–Kier alpha value is -1.08. The Morgan fingerprint density at radius 3 is 1.20 bits per heavy atom. The second-order valence-electron chi connectivity index (χ2n) is 2.72. The Bertz CT molecular complexity index is 207. The predicted octanol–water partition coefficient (Wildman–Crippen LogP) is 2.64. The zero-order chi connectivity index (χ0) is 12.3. The van der Waals surface area contributed by atoms with Crippen LogP contribution >= 0.6 is 0 Å². The third-order valence-corrected chi connectivity index (χ3v) is 1.64. The van der Waals surface area contributed by atoms with Crippen molar-refractivity contribution in [2.24, 2.45) is 9.98 Å². The maximum Gasteiger partial charge on any atom is 0.410 e. The van der Waals surface area contributed by atoms with Crippen LogP contribution in [0.25, 0.3) is 0 Å². The lowest BCUT2D eigenvalue weighted by Crippen LogP contribution is -2.36. The highest BCUT2D eigenvalue weighted by Crippen LogP contribution is 2.32. The molecule has 0 aliphatic heterocycles. The quantitative estimate of drug-likeness (QED) is 0.527. The van der Waals surface area contributed by atoms with E-state index in [4.69, 9.17) is 0 Å². The summed E-state index contributed by atoms with van der Waals surface area (Å²) in [6, 6.07) is -4.95. The minimum Gasteiger partial charge on any atom is -0.288 e. The van der Waals surface area contributed by atoms with Crippen LogP contribution in [0, 0.1) is 0 Å². The molecule has 88 valence electrons. The molecule has 0 radical (unpaired) electrons. The average molecular weight is 234 g/mol. The highest BCUT2D eigenvalue weighted by molar-refractivity contribution is 5.26. The van der Waals surface area contributed by atoms with Gasteiger partial charge in [-0.15, -0.1) is 0 Å². The van der Waals surface area contributed by atoms with Gasteiger partial charge in [-0.2, -0.15) is 26.3 Å². The lowest BCUT2D eigenvalue weighted by molar-refractivity contribution is -0.173. The molecule has 0 saturated carbocycles. The van der Waals surface area contributed by atoms with Crippen LogP contribution in [0.5, 0.6) is 0 Å². The normalized spacial score (nSPS) is 16.9. The van der Waals surface area contributed by atoms with Gasteiger partial charge in [0.2, 0.25) is 0 Å². The van der Waals surface area contributed by atoms with Crippen molar-refractivity contribution in [2.75, 3.05) is 0 Å². The molecule has 0 aliphatic carbocycles. The van der Waals surface area contributed by atoms with Gasteiger partial charge in [0, 0.05) is 6.42 Å². The molecule has 0 aromatic heterocycles. The lowest BCUT2D eigenvalue weighted by Gasteiger charge is -2.21. The summed E-state index contributed by atoms with van der Waals surface area (Å²) < 4.78 is 72.3. The molecule has 0 spiro atoms. The second-order valence-corrected chi connectivity index (χ2v) is 2.72. The molecule has 0 N–H and O–H groups in total. The molecule has 0 bridgehead atoms. The maximum atomic E-state index is 12.0. The van der Waals surface area contributed by atoms with Crippen LogP contribution in [-0.2, 0) is 0 Å². The van der Waals surface area contributed by atoms with Gasteiger partial charge >= 0.3 is 12.4 Å². The number of rotatable bonds is 4. The van der Waals surface area contributed by atoms with Crippen molar-refractivity contribution < 1.29 is 26.3 Å². The second kappa shape index (κ2) is 4.63. The van der Waals surface area contributed by atoms with Gasteiger partial charge in [0.15, 0.2) is 0 Å². The zero-order valence-electron chi connectivity index (χ0n) is 7.44. The van der Waals surface area contributed by atoms with E-state index in [0.717, 1.165) is 0 Å². The monoisotopic (exact) mass is 234 g/mol. The molecule has 0 aromatic carbocycles. The van der Waals surface area contributed by atoms with Gasteiger partial charge in [-0.05, 0) is 13.4 Å². The molecular weight excluding hydrogens is 226 g/mol. The number of hydrogen-bond acceptors (Lipinski definition) is 2. The van der Waals surface area contributed by atoms with Crippen LogP contribution in [0.3, 0.4) is 0 Å². The minimum absolute atomic E-state index is 1.32. The smallest absolute Gasteiger partial charge is 0.288 e. The number of alkyl halides is 6. The fraction of sp³-hybridized carbons (Fsp3) is 0.714. The summed E-state index contributed by atoms with van der Waals surface area (Å²) in [6.45, 7) is 5.19. The van der Waals surface area contributed by atoms with E-state index >= 15 is 0 Å². The average Bonchev–Trinajstić information content (AvgIpc) is 2.01. The number of aliphatic imine (C=N–C) groups is 2. The zero-order valence-corrected chi connectivity index (χ0v) is 7.44. The highest BCUT2D eigenvalue weighted by atomic mass is 19.4. The summed E-state index contributed by atoms with van der Waals surface area (Å²) in [4.78, 5) is 5.20. The van der Waals surface area contributed by atoms with Gasteiger partial charge in [-0.1, -0.05) is 0 Å². The van der Waals surface area contributed by atoms with Crippen molar-refractivity contribution in [3.63, 3.8) is 0 Å². The maximum absolute atomic E-state index is 12.0.